The Kier molecular flexibility index (Phi) is 2.61. The van der Waals surface area contributed by atoms with Crippen molar-refractivity contribution in [2.24, 2.45) is 5.73 Å². The lowest BCUT2D eigenvalue weighted by atomic mass is 10.1. The van der Waals surface area contributed by atoms with Gasteiger partial charge in [0, 0.05) is 0 Å². The Bertz CT molecular complexity index is 185. The van der Waals surface area contributed by atoms with Crippen molar-refractivity contribution in [2.75, 3.05) is 0 Å². The third-order valence-corrected chi connectivity index (χ3v) is 0.960. The smallest absolute Gasteiger partial charge is 0.341 e. The fourth-order valence-corrected chi connectivity index (χ4v) is 0.566. The van der Waals surface area contributed by atoms with Gasteiger partial charge in [0.1, 0.15) is 5.57 Å². The molecule has 0 radical (unpaired) electrons. The van der Waals surface area contributed by atoms with Crippen LogP contribution in [-0.2, 0) is 9.59 Å². The number of rotatable bonds is 2. The number of hydrogen-bond donors (Lipinski definition) is 2. The van der Waals surface area contributed by atoms with Gasteiger partial charge >= 0.3 is 5.97 Å². The highest BCUT2D eigenvalue weighted by Crippen LogP contribution is 2.01. The highest BCUT2D eigenvalue weighted by atomic mass is 16.4. The molecule has 4 nitrogen and oxygen atoms in total. The maximum atomic E-state index is 10.4. The standard InChI is InChI=1S/C6H9NO3/c1-3(2)4(5(7)8)6(9)10/h1-2H3,(H2,7,8)(H,9,10). The molecule has 0 rings (SSSR count). The van der Waals surface area contributed by atoms with Crippen LogP contribution >= 0.6 is 0 Å². The van der Waals surface area contributed by atoms with Crippen molar-refractivity contribution >= 4 is 11.9 Å². The van der Waals surface area contributed by atoms with E-state index in [0.717, 1.165) is 0 Å². The topological polar surface area (TPSA) is 80.4 Å². The fourth-order valence-electron chi connectivity index (χ4n) is 0.566. The molecule has 0 unspecified atom stereocenters. The molecule has 1 amide bonds. The summed E-state index contributed by atoms with van der Waals surface area (Å²) in [5, 5.41) is 8.36. The molecule has 0 heterocycles. The van der Waals surface area contributed by atoms with Crippen LogP contribution in [-0.4, -0.2) is 17.0 Å². The molecule has 0 atom stereocenters. The largest absolute Gasteiger partial charge is 0.477 e. The third kappa shape index (κ3) is 1.89. The molecule has 0 aromatic rings. The van der Waals surface area contributed by atoms with Crippen molar-refractivity contribution in [2.45, 2.75) is 13.8 Å². The van der Waals surface area contributed by atoms with Gasteiger partial charge in [-0.1, -0.05) is 5.57 Å². The predicted molar refractivity (Wildman–Crippen MR) is 35.2 cm³/mol. The molecule has 0 aliphatic rings. The van der Waals surface area contributed by atoms with E-state index in [9.17, 15) is 9.59 Å². The lowest BCUT2D eigenvalue weighted by Gasteiger charge is -1.96. The highest BCUT2D eigenvalue weighted by Gasteiger charge is 2.14. The van der Waals surface area contributed by atoms with E-state index >= 15 is 0 Å². The molecular formula is C6H9NO3. The second kappa shape index (κ2) is 3.00. The van der Waals surface area contributed by atoms with E-state index in [4.69, 9.17) is 10.8 Å². The minimum atomic E-state index is -1.27. The van der Waals surface area contributed by atoms with Crippen molar-refractivity contribution in [3.8, 4) is 0 Å². The van der Waals surface area contributed by atoms with Crippen molar-refractivity contribution in [3.05, 3.63) is 11.1 Å². The number of aliphatic carboxylic acids is 1. The molecule has 0 saturated heterocycles. The Morgan fingerprint density at radius 3 is 1.70 bits per heavy atom. The summed E-state index contributed by atoms with van der Waals surface area (Å²) in [5.74, 6) is -2.17. The summed E-state index contributed by atoms with van der Waals surface area (Å²) in [5.41, 5.74) is 4.84. The second-order valence-electron chi connectivity index (χ2n) is 2.04. The average Bonchev–Trinajstić information content (AvgIpc) is 1.59. The van der Waals surface area contributed by atoms with E-state index < -0.39 is 11.9 Å². The van der Waals surface area contributed by atoms with Crippen LogP contribution in [0.15, 0.2) is 11.1 Å². The van der Waals surface area contributed by atoms with Crippen LogP contribution in [0, 0.1) is 0 Å². The first-order valence-corrected chi connectivity index (χ1v) is 2.67. The Labute approximate surface area is 58.3 Å². The van der Waals surface area contributed by atoms with E-state index in [2.05, 4.69) is 0 Å². The number of primary amides is 1. The Morgan fingerprint density at radius 1 is 1.30 bits per heavy atom. The normalized spacial score (nSPS) is 8.60. The number of allylic oxidation sites excluding steroid dienone is 1. The van der Waals surface area contributed by atoms with E-state index in [1.54, 1.807) is 0 Å². The van der Waals surface area contributed by atoms with E-state index in [0.29, 0.717) is 5.57 Å². The molecule has 0 bridgehead atoms. The van der Waals surface area contributed by atoms with Crippen LogP contribution in [0.25, 0.3) is 0 Å². The van der Waals surface area contributed by atoms with Crippen molar-refractivity contribution in [1.29, 1.82) is 0 Å². The van der Waals surface area contributed by atoms with Gasteiger partial charge in [-0.2, -0.15) is 0 Å². The predicted octanol–water partition coefficient (Wildman–Crippen LogP) is -0.107. The summed E-state index contributed by atoms with van der Waals surface area (Å²) >= 11 is 0. The van der Waals surface area contributed by atoms with Gasteiger partial charge in [0.05, 0.1) is 0 Å². The maximum absolute atomic E-state index is 10.4. The third-order valence-electron chi connectivity index (χ3n) is 0.960. The molecule has 56 valence electrons. The highest BCUT2D eigenvalue weighted by molar-refractivity contribution is 6.15. The molecule has 3 N–H and O–H groups in total. The first kappa shape index (κ1) is 8.68. The number of carboxylic acids is 1. The number of carbonyl (C=O) groups is 2. The quantitative estimate of drug-likeness (QED) is 0.321. The lowest BCUT2D eigenvalue weighted by Crippen LogP contribution is -2.21. The van der Waals surface area contributed by atoms with Crippen LogP contribution in [0.2, 0.25) is 0 Å². The minimum Gasteiger partial charge on any atom is -0.477 e. The molecule has 0 aliphatic heterocycles. The molecule has 0 fully saturated rings. The molecule has 0 spiro atoms. The molecule has 0 aromatic carbocycles. The Balaban J connectivity index is 4.79. The number of nitrogens with two attached hydrogens (primary N) is 1. The second-order valence-corrected chi connectivity index (χ2v) is 2.04. The fraction of sp³-hybridized carbons (Fsp3) is 0.333. The van der Waals surface area contributed by atoms with E-state index in [1.807, 2.05) is 0 Å². The monoisotopic (exact) mass is 143 g/mol. The summed E-state index contributed by atoms with van der Waals surface area (Å²) in [6, 6.07) is 0. The molecule has 0 aromatic heterocycles. The molecule has 0 saturated carbocycles. The van der Waals surface area contributed by atoms with Gasteiger partial charge in [-0.25, -0.2) is 4.79 Å². The summed E-state index contributed by atoms with van der Waals surface area (Å²) in [7, 11) is 0. The Morgan fingerprint density at radius 2 is 1.70 bits per heavy atom. The SMILES string of the molecule is CC(C)=C(C(N)=O)C(=O)O. The number of carbonyl (C=O) groups excluding carboxylic acids is 1. The number of carboxylic acid groups (broad SMARTS) is 1. The van der Waals surface area contributed by atoms with Gasteiger partial charge in [-0.05, 0) is 13.8 Å². The molecule has 10 heavy (non-hydrogen) atoms. The first-order valence-electron chi connectivity index (χ1n) is 2.67. The molecular weight excluding hydrogens is 134 g/mol. The van der Waals surface area contributed by atoms with Crippen LogP contribution < -0.4 is 5.73 Å². The van der Waals surface area contributed by atoms with Gasteiger partial charge in [0.15, 0.2) is 0 Å². The van der Waals surface area contributed by atoms with Gasteiger partial charge < -0.3 is 10.8 Å². The minimum absolute atomic E-state index is 0.333. The van der Waals surface area contributed by atoms with Crippen molar-refractivity contribution < 1.29 is 14.7 Å². The van der Waals surface area contributed by atoms with Crippen LogP contribution in [0.4, 0.5) is 0 Å². The summed E-state index contributed by atoms with van der Waals surface area (Å²) in [6.45, 7) is 3.04. The number of hydrogen-bond acceptors (Lipinski definition) is 2. The van der Waals surface area contributed by atoms with Crippen LogP contribution in [0.3, 0.4) is 0 Å². The van der Waals surface area contributed by atoms with Crippen molar-refractivity contribution in [3.63, 3.8) is 0 Å². The first-order chi connectivity index (χ1) is 4.46. The Hall–Kier alpha value is -1.32. The lowest BCUT2D eigenvalue weighted by molar-refractivity contribution is -0.134. The van der Waals surface area contributed by atoms with Gasteiger partial charge in [-0.15, -0.1) is 0 Å². The zero-order valence-corrected chi connectivity index (χ0v) is 5.84. The molecule has 0 aliphatic carbocycles. The maximum Gasteiger partial charge on any atom is 0.341 e. The van der Waals surface area contributed by atoms with E-state index in [-0.39, 0.29) is 5.57 Å². The van der Waals surface area contributed by atoms with Gasteiger partial charge in [-0.3, -0.25) is 4.79 Å². The summed E-state index contributed by atoms with van der Waals surface area (Å²) in [6.07, 6.45) is 0. The van der Waals surface area contributed by atoms with Gasteiger partial charge in [0.2, 0.25) is 0 Å². The zero-order valence-electron chi connectivity index (χ0n) is 5.84. The number of amides is 1. The van der Waals surface area contributed by atoms with Crippen molar-refractivity contribution in [1.82, 2.24) is 0 Å². The van der Waals surface area contributed by atoms with E-state index in [1.165, 1.54) is 13.8 Å². The average molecular weight is 143 g/mol. The van der Waals surface area contributed by atoms with Crippen LogP contribution in [0.5, 0.6) is 0 Å². The summed E-state index contributed by atoms with van der Waals surface area (Å²) < 4.78 is 0. The zero-order chi connectivity index (χ0) is 8.31. The van der Waals surface area contributed by atoms with Gasteiger partial charge in [0.25, 0.3) is 5.91 Å². The van der Waals surface area contributed by atoms with Crippen LogP contribution in [0.1, 0.15) is 13.8 Å². The molecule has 4 heteroatoms. The summed E-state index contributed by atoms with van der Waals surface area (Å²) in [4.78, 5) is 20.6.